The Hall–Kier alpha value is -1.35. The van der Waals surface area contributed by atoms with Gasteiger partial charge in [-0.1, -0.05) is 32.9 Å². The number of hydrogen-bond donors (Lipinski definition) is 2. The number of carboxylic acids is 1. The molecule has 0 aliphatic rings. The summed E-state index contributed by atoms with van der Waals surface area (Å²) in [5.41, 5.74) is 1.39. The molecule has 0 radical (unpaired) electrons. The van der Waals surface area contributed by atoms with Crippen LogP contribution in [0.15, 0.2) is 24.3 Å². The molecule has 0 saturated heterocycles. The van der Waals surface area contributed by atoms with Crippen LogP contribution < -0.4 is 5.32 Å². The van der Waals surface area contributed by atoms with Gasteiger partial charge in [0, 0.05) is 6.04 Å². The number of hydrogen-bond acceptors (Lipinski definition) is 2. The van der Waals surface area contributed by atoms with Crippen LogP contribution >= 0.6 is 0 Å². The van der Waals surface area contributed by atoms with E-state index in [4.69, 9.17) is 5.11 Å². The number of aromatic carboxylic acids is 1. The number of carbonyl (C=O) groups is 1. The van der Waals surface area contributed by atoms with Gasteiger partial charge in [0.25, 0.3) is 0 Å². The molecule has 3 nitrogen and oxygen atoms in total. The molecule has 3 heteroatoms. The molecule has 0 bridgehead atoms. The van der Waals surface area contributed by atoms with Crippen molar-refractivity contribution in [2.75, 3.05) is 7.05 Å². The van der Waals surface area contributed by atoms with Gasteiger partial charge in [-0.05, 0) is 30.2 Å². The van der Waals surface area contributed by atoms with E-state index >= 15 is 0 Å². The maximum atomic E-state index is 10.9. The number of rotatable bonds is 3. The highest BCUT2D eigenvalue weighted by Crippen LogP contribution is 2.32. The topological polar surface area (TPSA) is 49.3 Å². The predicted octanol–water partition coefficient (Wildman–Crippen LogP) is 2.69. The fraction of sp³-hybridized carbons (Fsp3) is 0.462. The molecule has 0 amide bonds. The van der Waals surface area contributed by atoms with Crippen molar-refractivity contribution >= 4 is 5.97 Å². The lowest BCUT2D eigenvalue weighted by atomic mass is 9.82. The second kappa shape index (κ2) is 4.66. The quantitative estimate of drug-likeness (QED) is 0.825. The van der Waals surface area contributed by atoms with Gasteiger partial charge in [0.1, 0.15) is 0 Å². The molecule has 0 heterocycles. The van der Waals surface area contributed by atoms with Crippen LogP contribution in [0.25, 0.3) is 0 Å². The molecule has 0 aromatic heterocycles. The number of nitrogens with one attached hydrogen (secondary N) is 1. The Balaban J connectivity index is 3.11. The van der Waals surface area contributed by atoms with Crippen LogP contribution in [0, 0.1) is 5.41 Å². The summed E-state index contributed by atoms with van der Waals surface area (Å²) in [4.78, 5) is 10.9. The zero-order valence-electron chi connectivity index (χ0n) is 10.2. The van der Waals surface area contributed by atoms with Gasteiger partial charge in [-0.3, -0.25) is 0 Å². The largest absolute Gasteiger partial charge is 0.478 e. The summed E-state index contributed by atoms with van der Waals surface area (Å²) in [5.74, 6) is -0.884. The first-order chi connectivity index (χ1) is 7.36. The molecule has 2 N–H and O–H groups in total. The van der Waals surface area contributed by atoms with Crippen LogP contribution in [0.1, 0.15) is 42.7 Å². The first-order valence-electron chi connectivity index (χ1n) is 5.37. The third-order valence-electron chi connectivity index (χ3n) is 2.62. The van der Waals surface area contributed by atoms with Crippen molar-refractivity contribution in [3.05, 3.63) is 35.4 Å². The monoisotopic (exact) mass is 221 g/mol. The van der Waals surface area contributed by atoms with E-state index in [1.807, 2.05) is 13.1 Å². The van der Waals surface area contributed by atoms with Crippen molar-refractivity contribution < 1.29 is 9.90 Å². The van der Waals surface area contributed by atoms with E-state index in [1.54, 1.807) is 18.2 Å². The average Bonchev–Trinajstić information content (AvgIpc) is 2.17. The molecule has 1 aromatic rings. The van der Waals surface area contributed by atoms with Crippen LogP contribution in [-0.2, 0) is 0 Å². The lowest BCUT2D eigenvalue weighted by molar-refractivity contribution is 0.0696. The predicted molar refractivity (Wildman–Crippen MR) is 64.7 cm³/mol. The molecule has 0 saturated carbocycles. The maximum Gasteiger partial charge on any atom is 0.335 e. The van der Waals surface area contributed by atoms with Gasteiger partial charge in [-0.2, -0.15) is 0 Å². The molecule has 1 atom stereocenters. The van der Waals surface area contributed by atoms with E-state index < -0.39 is 5.97 Å². The van der Waals surface area contributed by atoms with Gasteiger partial charge in [-0.15, -0.1) is 0 Å². The Bertz CT molecular complexity index is 380. The van der Waals surface area contributed by atoms with E-state index in [0.717, 1.165) is 5.56 Å². The highest BCUT2D eigenvalue weighted by Gasteiger charge is 2.24. The summed E-state index contributed by atoms with van der Waals surface area (Å²) < 4.78 is 0. The fourth-order valence-electron chi connectivity index (χ4n) is 1.95. The van der Waals surface area contributed by atoms with Crippen LogP contribution in [-0.4, -0.2) is 18.1 Å². The Morgan fingerprint density at radius 1 is 1.38 bits per heavy atom. The minimum absolute atomic E-state index is 0.0475. The number of benzene rings is 1. The van der Waals surface area contributed by atoms with Crippen molar-refractivity contribution in [2.24, 2.45) is 5.41 Å². The van der Waals surface area contributed by atoms with Gasteiger partial charge < -0.3 is 10.4 Å². The van der Waals surface area contributed by atoms with Crippen molar-refractivity contribution in [3.8, 4) is 0 Å². The SMILES string of the molecule is CNC(c1cccc(C(=O)O)c1)C(C)(C)C. The fourth-order valence-corrected chi connectivity index (χ4v) is 1.95. The average molecular weight is 221 g/mol. The normalized spacial score (nSPS) is 13.5. The lowest BCUT2D eigenvalue weighted by Crippen LogP contribution is -2.29. The molecule has 0 aliphatic heterocycles. The van der Waals surface area contributed by atoms with Gasteiger partial charge in [0.05, 0.1) is 5.56 Å². The summed E-state index contributed by atoms with van der Waals surface area (Å²) in [6.07, 6.45) is 0. The van der Waals surface area contributed by atoms with Gasteiger partial charge in [-0.25, -0.2) is 4.79 Å². The Morgan fingerprint density at radius 2 is 2.00 bits per heavy atom. The van der Waals surface area contributed by atoms with Gasteiger partial charge >= 0.3 is 5.97 Å². The molecule has 0 fully saturated rings. The van der Waals surface area contributed by atoms with Crippen molar-refractivity contribution in [1.29, 1.82) is 0 Å². The van der Waals surface area contributed by atoms with Crippen LogP contribution in [0.4, 0.5) is 0 Å². The smallest absolute Gasteiger partial charge is 0.335 e. The van der Waals surface area contributed by atoms with E-state index in [9.17, 15) is 4.79 Å². The Kier molecular flexibility index (Phi) is 3.70. The molecule has 16 heavy (non-hydrogen) atoms. The summed E-state index contributed by atoms with van der Waals surface area (Å²) in [6, 6.07) is 7.23. The lowest BCUT2D eigenvalue weighted by Gasteiger charge is -2.31. The summed E-state index contributed by atoms with van der Waals surface area (Å²) in [6.45, 7) is 6.38. The molecular formula is C13H19NO2. The molecular weight excluding hydrogens is 202 g/mol. The first kappa shape index (κ1) is 12.7. The van der Waals surface area contributed by atoms with Crippen LogP contribution in [0.2, 0.25) is 0 Å². The molecule has 88 valence electrons. The van der Waals surface area contributed by atoms with Crippen LogP contribution in [0.3, 0.4) is 0 Å². The highest BCUT2D eigenvalue weighted by molar-refractivity contribution is 5.87. The zero-order chi connectivity index (χ0) is 12.3. The summed E-state index contributed by atoms with van der Waals surface area (Å²) in [7, 11) is 1.89. The Morgan fingerprint density at radius 3 is 2.44 bits per heavy atom. The van der Waals surface area contributed by atoms with Crippen molar-refractivity contribution in [3.63, 3.8) is 0 Å². The third kappa shape index (κ3) is 2.83. The zero-order valence-corrected chi connectivity index (χ0v) is 10.2. The molecule has 0 aliphatic carbocycles. The minimum atomic E-state index is -0.884. The van der Waals surface area contributed by atoms with E-state index in [1.165, 1.54) is 0 Å². The van der Waals surface area contributed by atoms with Gasteiger partial charge in [0.2, 0.25) is 0 Å². The maximum absolute atomic E-state index is 10.9. The minimum Gasteiger partial charge on any atom is -0.478 e. The molecule has 1 unspecified atom stereocenters. The highest BCUT2D eigenvalue weighted by atomic mass is 16.4. The molecule has 0 spiro atoms. The first-order valence-corrected chi connectivity index (χ1v) is 5.37. The molecule has 1 rings (SSSR count). The van der Waals surface area contributed by atoms with E-state index in [-0.39, 0.29) is 11.5 Å². The van der Waals surface area contributed by atoms with Crippen LogP contribution in [0.5, 0.6) is 0 Å². The van der Waals surface area contributed by atoms with Crippen molar-refractivity contribution in [2.45, 2.75) is 26.8 Å². The van der Waals surface area contributed by atoms with Crippen molar-refractivity contribution in [1.82, 2.24) is 5.32 Å². The Labute approximate surface area is 96.5 Å². The van der Waals surface area contributed by atoms with E-state index in [0.29, 0.717) is 5.56 Å². The number of carboxylic acid groups (broad SMARTS) is 1. The molecule has 1 aromatic carbocycles. The summed E-state index contributed by atoms with van der Waals surface area (Å²) in [5, 5.41) is 12.2. The second-order valence-electron chi connectivity index (χ2n) is 5.02. The standard InChI is InChI=1S/C13H19NO2/c1-13(2,3)11(14-4)9-6-5-7-10(8-9)12(15)16/h5-8,11,14H,1-4H3,(H,15,16). The second-order valence-corrected chi connectivity index (χ2v) is 5.02. The third-order valence-corrected chi connectivity index (χ3v) is 2.62. The van der Waals surface area contributed by atoms with E-state index in [2.05, 4.69) is 26.1 Å². The summed E-state index contributed by atoms with van der Waals surface area (Å²) >= 11 is 0. The van der Waals surface area contributed by atoms with Gasteiger partial charge in [0.15, 0.2) is 0 Å².